The molecule has 5 nitrogen and oxygen atoms in total. The van der Waals surface area contributed by atoms with Crippen molar-refractivity contribution < 1.29 is 14.3 Å². The molecule has 0 radical (unpaired) electrons. The van der Waals surface area contributed by atoms with Gasteiger partial charge in [-0.1, -0.05) is 12.1 Å². The number of hydrogen-bond acceptors (Lipinski definition) is 3. The number of ether oxygens (including phenoxy) is 1. The smallest absolute Gasteiger partial charge is 0.223 e. The maximum atomic E-state index is 12.4. The van der Waals surface area contributed by atoms with Crippen molar-refractivity contribution in [2.75, 3.05) is 34.3 Å². The first-order valence-electron chi connectivity index (χ1n) is 9.10. The monoisotopic (exact) mass is 346 g/mol. The molecule has 0 spiro atoms. The highest BCUT2D eigenvalue weighted by Gasteiger charge is 2.23. The molecule has 1 aromatic carbocycles. The second-order valence-corrected chi connectivity index (χ2v) is 7.03. The van der Waals surface area contributed by atoms with Crippen LogP contribution >= 0.6 is 0 Å². The molecule has 0 aromatic heterocycles. The lowest BCUT2D eigenvalue weighted by atomic mass is 9.91. The lowest BCUT2D eigenvalue weighted by molar-refractivity contribution is -0.137. The van der Waals surface area contributed by atoms with Crippen LogP contribution in [0.15, 0.2) is 24.3 Å². The van der Waals surface area contributed by atoms with Crippen molar-refractivity contribution in [3.8, 4) is 5.75 Å². The van der Waals surface area contributed by atoms with Crippen LogP contribution in [0.25, 0.3) is 0 Å². The fourth-order valence-corrected chi connectivity index (χ4v) is 3.32. The van der Waals surface area contributed by atoms with Crippen LogP contribution in [0.4, 0.5) is 0 Å². The van der Waals surface area contributed by atoms with Gasteiger partial charge < -0.3 is 14.5 Å². The first kappa shape index (κ1) is 19.3. The van der Waals surface area contributed by atoms with Crippen molar-refractivity contribution in [2.24, 2.45) is 5.92 Å². The minimum Gasteiger partial charge on any atom is -0.497 e. The highest BCUT2D eigenvalue weighted by Crippen LogP contribution is 2.23. The molecule has 2 rings (SSSR count). The molecule has 2 amide bonds. The van der Waals surface area contributed by atoms with Crippen LogP contribution in [0.2, 0.25) is 0 Å². The summed E-state index contributed by atoms with van der Waals surface area (Å²) in [6.45, 7) is 1.64. The molecule has 1 atom stereocenters. The number of nitrogens with zero attached hydrogens (tertiary/aromatic N) is 2. The number of rotatable bonds is 7. The lowest BCUT2D eigenvalue weighted by Crippen LogP contribution is -2.40. The number of carbonyl (C=O) groups excluding carboxylic acids is 2. The topological polar surface area (TPSA) is 49.9 Å². The number of piperidine rings is 1. The number of hydrogen-bond donors (Lipinski definition) is 0. The van der Waals surface area contributed by atoms with Crippen molar-refractivity contribution in [2.45, 2.75) is 38.5 Å². The zero-order chi connectivity index (χ0) is 18.2. The molecule has 5 heteroatoms. The van der Waals surface area contributed by atoms with Gasteiger partial charge in [-0.2, -0.15) is 0 Å². The summed E-state index contributed by atoms with van der Waals surface area (Å²) >= 11 is 0. The zero-order valence-electron chi connectivity index (χ0n) is 15.7. The quantitative estimate of drug-likeness (QED) is 0.763. The van der Waals surface area contributed by atoms with E-state index in [1.54, 1.807) is 26.1 Å². The summed E-state index contributed by atoms with van der Waals surface area (Å²) in [6, 6.07) is 8.19. The maximum Gasteiger partial charge on any atom is 0.223 e. The van der Waals surface area contributed by atoms with Gasteiger partial charge >= 0.3 is 0 Å². The Morgan fingerprint density at radius 3 is 2.80 bits per heavy atom. The Morgan fingerprint density at radius 1 is 1.28 bits per heavy atom. The van der Waals surface area contributed by atoms with E-state index in [9.17, 15) is 9.59 Å². The Labute approximate surface area is 150 Å². The van der Waals surface area contributed by atoms with Gasteiger partial charge in [0.15, 0.2) is 0 Å². The molecule has 1 fully saturated rings. The van der Waals surface area contributed by atoms with Gasteiger partial charge in [-0.15, -0.1) is 0 Å². The molecule has 0 unspecified atom stereocenters. The predicted octanol–water partition coefficient (Wildman–Crippen LogP) is 2.73. The second-order valence-electron chi connectivity index (χ2n) is 7.03. The molecule has 25 heavy (non-hydrogen) atoms. The minimum absolute atomic E-state index is 0.0138. The summed E-state index contributed by atoms with van der Waals surface area (Å²) in [4.78, 5) is 27.5. The molecule has 0 bridgehead atoms. The van der Waals surface area contributed by atoms with E-state index in [0.29, 0.717) is 18.8 Å². The standard InChI is InChI=1S/C20H30N2O3/c1-21(2)19(23)11-12-20(24)22-13-5-7-17(15-22)10-9-16-6-4-8-18(14-16)25-3/h4,6,8,14,17H,5,7,9-13,15H2,1-3H3/t17-/m1/s1. The van der Waals surface area contributed by atoms with Gasteiger partial charge in [0, 0.05) is 40.0 Å². The molecule has 0 N–H and O–H groups in total. The third-order valence-corrected chi connectivity index (χ3v) is 4.90. The van der Waals surface area contributed by atoms with Crippen molar-refractivity contribution in [1.29, 1.82) is 0 Å². The van der Waals surface area contributed by atoms with E-state index < -0.39 is 0 Å². The molecular weight excluding hydrogens is 316 g/mol. The molecule has 1 aliphatic rings. The van der Waals surface area contributed by atoms with Crippen LogP contribution in [0.5, 0.6) is 5.75 Å². The Bertz CT molecular complexity index is 586. The minimum atomic E-state index is 0.0138. The van der Waals surface area contributed by atoms with Crippen molar-refractivity contribution in [3.63, 3.8) is 0 Å². The van der Waals surface area contributed by atoms with E-state index in [1.165, 1.54) is 12.0 Å². The zero-order valence-corrected chi connectivity index (χ0v) is 15.7. The van der Waals surface area contributed by atoms with Crippen LogP contribution in [-0.2, 0) is 16.0 Å². The fraction of sp³-hybridized carbons (Fsp3) is 0.600. The van der Waals surface area contributed by atoms with Gasteiger partial charge in [0.1, 0.15) is 5.75 Å². The highest BCUT2D eigenvalue weighted by atomic mass is 16.5. The summed E-state index contributed by atoms with van der Waals surface area (Å²) in [5.74, 6) is 1.55. The van der Waals surface area contributed by atoms with E-state index in [1.807, 2.05) is 17.0 Å². The normalized spacial score (nSPS) is 17.2. The van der Waals surface area contributed by atoms with Gasteiger partial charge in [0.05, 0.1) is 7.11 Å². The molecule has 1 aliphatic heterocycles. The molecule has 0 saturated carbocycles. The van der Waals surface area contributed by atoms with E-state index >= 15 is 0 Å². The van der Waals surface area contributed by atoms with Crippen molar-refractivity contribution >= 4 is 11.8 Å². The van der Waals surface area contributed by atoms with Crippen LogP contribution < -0.4 is 4.74 Å². The van der Waals surface area contributed by atoms with E-state index in [2.05, 4.69) is 12.1 Å². The summed E-state index contributed by atoms with van der Waals surface area (Å²) in [5.41, 5.74) is 1.28. The first-order valence-corrected chi connectivity index (χ1v) is 9.10. The number of methoxy groups -OCH3 is 1. The van der Waals surface area contributed by atoms with Crippen LogP contribution in [-0.4, -0.2) is 55.9 Å². The second kappa shape index (κ2) is 9.44. The van der Waals surface area contributed by atoms with Gasteiger partial charge in [-0.05, 0) is 49.3 Å². The lowest BCUT2D eigenvalue weighted by Gasteiger charge is -2.33. The van der Waals surface area contributed by atoms with Crippen LogP contribution in [0, 0.1) is 5.92 Å². The molecule has 1 heterocycles. The number of carbonyl (C=O) groups is 2. The van der Waals surface area contributed by atoms with Gasteiger partial charge in [-0.3, -0.25) is 9.59 Å². The first-order chi connectivity index (χ1) is 12.0. The Morgan fingerprint density at radius 2 is 2.08 bits per heavy atom. The Kier molecular flexibility index (Phi) is 7.29. The van der Waals surface area contributed by atoms with Gasteiger partial charge in [-0.25, -0.2) is 0 Å². The summed E-state index contributed by atoms with van der Waals surface area (Å²) in [5, 5.41) is 0. The van der Waals surface area contributed by atoms with Crippen LogP contribution in [0.3, 0.4) is 0 Å². The average molecular weight is 346 g/mol. The summed E-state index contributed by atoms with van der Waals surface area (Å²) < 4.78 is 5.27. The molecular formula is C20H30N2O3. The van der Waals surface area contributed by atoms with Gasteiger partial charge in [0.2, 0.25) is 11.8 Å². The van der Waals surface area contributed by atoms with Crippen molar-refractivity contribution in [1.82, 2.24) is 9.80 Å². The number of benzene rings is 1. The SMILES string of the molecule is COc1cccc(CC[C@H]2CCCN(C(=O)CCC(=O)N(C)C)C2)c1. The summed E-state index contributed by atoms with van der Waals surface area (Å²) in [6.07, 6.45) is 4.92. The number of likely N-dealkylation sites (tertiary alicyclic amines) is 1. The average Bonchev–Trinajstić information content (AvgIpc) is 2.64. The number of aryl methyl sites for hydroxylation is 1. The molecule has 1 aromatic rings. The van der Waals surface area contributed by atoms with E-state index in [-0.39, 0.29) is 11.8 Å². The molecule has 1 saturated heterocycles. The third-order valence-electron chi connectivity index (χ3n) is 4.90. The van der Waals surface area contributed by atoms with Crippen molar-refractivity contribution in [3.05, 3.63) is 29.8 Å². The molecule has 138 valence electrons. The van der Waals surface area contributed by atoms with Gasteiger partial charge in [0.25, 0.3) is 0 Å². The summed E-state index contributed by atoms with van der Waals surface area (Å²) in [7, 11) is 5.13. The third kappa shape index (κ3) is 6.07. The Hall–Kier alpha value is -2.04. The maximum absolute atomic E-state index is 12.4. The predicted molar refractivity (Wildman–Crippen MR) is 98.5 cm³/mol. The highest BCUT2D eigenvalue weighted by molar-refractivity contribution is 5.83. The van der Waals surface area contributed by atoms with E-state index in [0.717, 1.165) is 38.1 Å². The fourth-order valence-electron chi connectivity index (χ4n) is 3.32. The van der Waals surface area contributed by atoms with E-state index in [4.69, 9.17) is 4.74 Å². The van der Waals surface area contributed by atoms with Crippen LogP contribution in [0.1, 0.15) is 37.7 Å². The molecule has 0 aliphatic carbocycles. The Balaban J connectivity index is 1.79. The number of amides is 2. The largest absolute Gasteiger partial charge is 0.497 e.